The Hall–Kier alpha value is -7.05. The highest BCUT2D eigenvalue weighted by Gasteiger charge is 2.31. The lowest BCUT2D eigenvalue weighted by Crippen LogP contribution is -2.45. The molecule has 6 heterocycles. The molecule has 2 aromatic carbocycles. The van der Waals surface area contributed by atoms with E-state index in [0.29, 0.717) is 51.8 Å². The molecule has 2 aliphatic heterocycles. The molecule has 2 fully saturated rings. The summed E-state index contributed by atoms with van der Waals surface area (Å²) in [6.45, 7) is 4.93. The number of fused-ring (bicyclic) bond motifs is 1. The second kappa shape index (κ2) is 17.0. The highest BCUT2D eigenvalue weighted by atomic mass is 19.1. The van der Waals surface area contributed by atoms with Crippen LogP contribution in [0.4, 0.5) is 27.4 Å². The van der Waals surface area contributed by atoms with Crippen LogP contribution in [0.3, 0.4) is 0 Å². The molecule has 2 aliphatic rings. The first-order valence-electron chi connectivity index (χ1n) is 19.4. The number of aryl methyl sites for hydroxylation is 1. The number of benzene rings is 2. The van der Waals surface area contributed by atoms with E-state index in [-0.39, 0.29) is 29.7 Å². The van der Waals surface area contributed by atoms with Gasteiger partial charge in [0, 0.05) is 78.2 Å². The summed E-state index contributed by atoms with van der Waals surface area (Å²) in [4.78, 5) is 72.4. The molecule has 0 radical (unpaired) electrons. The number of carbonyl (C=O) groups is 3. The van der Waals surface area contributed by atoms with E-state index in [2.05, 4.69) is 51.0 Å². The van der Waals surface area contributed by atoms with Crippen LogP contribution >= 0.6 is 0 Å². The highest BCUT2D eigenvalue weighted by molar-refractivity contribution is 6.01. The molecule has 8 rings (SSSR count). The fraction of sp³-hybridized carbons (Fsp3) is 0.286. The Balaban J connectivity index is 0.888. The number of hydrogen-bond donors (Lipinski definition) is 4. The van der Waals surface area contributed by atoms with Crippen molar-refractivity contribution in [3.8, 4) is 17.1 Å². The Labute approximate surface area is 343 Å². The van der Waals surface area contributed by atoms with Crippen molar-refractivity contribution in [2.24, 2.45) is 7.05 Å². The number of methoxy groups -OCH3 is 1. The summed E-state index contributed by atoms with van der Waals surface area (Å²) in [5.41, 5.74) is 5.10. The number of aromatic nitrogens is 6. The van der Waals surface area contributed by atoms with Crippen molar-refractivity contribution in [1.29, 1.82) is 0 Å². The summed E-state index contributed by atoms with van der Waals surface area (Å²) in [6.07, 6.45) is 5.97. The van der Waals surface area contributed by atoms with Crippen LogP contribution in [0, 0.1) is 5.82 Å². The number of para-hydroxylation sites is 1. The van der Waals surface area contributed by atoms with E-state index in [4.69, 9.17) is 4.74 Å². The summed E-state index contributed by atoms with van der Waals surface area (Å²) in [6, 6.07) is 16.1. The van der Waals surface area contributed by atoms with Crippen LogP contribution in [-0.2, 0) is 29.7 Å². The van der Waals surface area contributed by atoms with Gasteiger partial charge >= 0.3 is 5.69 Å². The molecular formula is C42H43FN12O5. The zero-order chi connectivity index (χ0) is 41.9. The minimum absolute atomic E-state index is 0.200. The molecule has 1 unspecified atom stereocenters. The molecular weight excluding hydrogens is 772 g/mol. The molecule has 18 heteroatoms. The number of imide groups is 1. The van der Waals surface area contributed by atoms with E-state index < -0.39 is 17.8 Å². The van der Waals surface area contributed by atoms with Crippen molar-refractivity contribution in [1.82, 2.24) is 49.5 Å². The van der Waals surface area contributed by atoms with Gasteiger partial charge in [0.2, 0.25) is 11.8 Å². The lowest BCUT2D eigenvalue weighted by Gasteiger charge is -2.34. The van der Waals surface area contributed by atoms with Crippen LogP contribution in [0.1, 0.15) is 40.4 Å². The molecule has 2 saturated heterocycles. The third kappa shape index (κ3) is 8.27. The number of rotatable bonds is 12. The number of amides is 3. The van der Waals surface area contributed by atoms with Crippen LogP contribution in [0.15, 0.2) is 84.2 Å². The van der Waals surface area contributed by atoms with Gasteiger partial charge in [-0.3, -0.25) is 38.6 Å². The molecule has 0 spiro atoms. The van der Waals surface area contributed by atoms with Crippen molar-refractivity contribution in [2.45, 2.75) is 32.0 Å². The number of piperidine rings is 1. The van der Waals surface area contributed by atoms with Crippen LogP contribution in [0.25, 0.3) is 22.4 Å². The van der Waals surface area contributed by atoms with E-state index >= 15 is 0 Å². The van der Waals surface area contributed by atoms with Crippen LogP contribution in [-0.4, -0.2) is 96.9 Å². The summed E-state index contributed by atoms with van der Waals surface area (Å²) < 4.78 is 22.3. The van der Waals surface area contributed by atoms with Crippen molar-refractivity contribution < 1.29 is 23.5 Å². The van der Waals surface area contributed by atoms with Gasteiger partial charge in [0.15, 0.2) is 17.4 Å². The lowest BCUT2D eigenvalue weighted by atomic mass is 10.1. The number of hydrogen-bond acceptors (Lipinski definition) is 13. The highest BCUT2D eigenvalue weighted by Crippen LogP contribution is 2.37. The van der Waals surface area contributed by atoms with Gasteiger partial charge < -0.3 is 20.7 Å². The van der Waals surface area contributed by atoms with Crippen LogP contribution < -0.4 is 31.7 Å². The first-order valence-corrected chi connectivity index (χ1v) is 19.4. The van der Waals surface area contributed by atoms with Crippen molar-refractivity contribution >= 4 is 51.8 Å². The van der Waals surface area contributed by atoms with Gasteiger partial charge in [-0.25, -0.2) is 29.1 Å². The number of nitrogens with zero attached hydrogens (tertiary/aromatic N) is 8. The SMILES string of the molecule is CNC(=O)c1cnc(Nc2ccc(CN3CCN(Cc4ccc5c(c4)n(C)c(=O)n5C4CCC(=O)NC4=O)CC3)cn2)cc1Nc1cccc(-c2ncc(F)cn2)c1OC. The molecule has 4 aromatic heterocycles. The maximum atomic E-state index is 13.5. The molecule has 1 atom stereocenters. The number of pyridine rings is 2. The van der Waals surface area contributed by atoms with Gasteiger partial charge in [-0.05, 0) is 47.9 Å². The van der Waals surface area contributed by atoms with E-state index in [1.54, 1.807) is 35.9 Å². The molecule has 3 amide bonds. The third-order valence-electron chi connectivity index (χ3n) is 10.8. The number of anilines is 4. The van der Waals surface area contributed by atoms with Crippen LogP contribution in [0.2, 0.25) is 0 Å². The molecule has 17 nitrogen and oxygen atoms in total. The molecule has 308 valence electrons. The van der Waals surface area contributed by atoms with Gasteiger partial charge in [0.1, 0.15) is 17.7 Å². The predicted molar refractivity (Wildman–Crippen MR) is 222 cm³/mol. The maximum Gasteiger partial charge on any atom is 0.329 e. The molecule has 0 saturated carbocycles. The Morgan fingerprint density at radius 3 is 2.23 bits per heavy atom. The molecule has 4 N–H and O–H groups in total. The van der Waals surface area contributed by atoms with Gasteiger partial charge in [0.05, 0.1) is 53.0 Å². The van der Waals surface area contributed by atoms with E-state index in [1.165, 1.54) is 24.9 Å². The Kier molecular flexibility index (Phi) is 11.3. The quantitative estimate of drug-likeness (QED) is 0.130. The van der Waals surface area contributed by atoms with Gasteiger partial charge in [0.25, 0.3) is 5.91 Å². The largest absolute Gasteiger partial charge is 0.494 e. The predicted octanol–water partition coefficient (Wildman–Crippen LogP) is 3.88. The minimum Gasteiger partial charge on any atom is -0.494 e. The molecule has 0 bridgehead atoms. The summed E-state index contributed by atoms with van der Waals surface area (Å²) in [5, 5.41) is 11.5. The molecule has 60 heavy (non-hydrogen) atoms. The van der Waals surface area contributed by atoms with E-state index in [0.717, 1.165) is 68.3 Å². The van der Waals surface area contributed by atoms with E-state index in [1.807, 2.05) is 36.5 Å². The third-order valence-corrected chi connectivity index (χ3v) is 10.8. The van der Waals surface area contributed by atoms with Gasteiger partial charge in [-0.15, -0.1) is 0 Å². The number of imidazole rings is 1. The average molecular weight is 815 g/mol. The Morgan fingerprint density at radius 2 is 1.55 bits per heavy atom. The smallest absolute Gasteiger partial charge is 0.329 e. The average Bonchev–Trinajstić information content (AvgIpc) is 3.50. The topological polar surface area (TPSA) is 194 Å². The zero-order valence-electron chi connectivity index (χ0n) is 33.2. The second-order valence-corrected chi connectivity index (χ2v) is 14.7. The maximum absolute atomic E-state index is 13.5. The van der Waals surface area contributed by atoms with E-state index in [9.17, 15) is 23.6 Å². The van der Waals surface area contributed by atoms with Crippen molar-refractivity contribution in [3.05, 3.63) is 112 Å². The normalized spacial score (nSPS) is 16.1. The molecule has 6 aromatic rings. The van der Waals surface area contributed by atoms with Crippen LogP contribution in [0.5, 0.6) is 5.75 Å². The summed E-state index contributed by atoms with van der Waals surface area (Å²) in [5.74, 6) is 0.0540. The fourth-order valence-electron chi connectivity index (χ4n) is 7.65. The first kappa shape index (κ1) is 39.8. The van der Waals surface area contributed by atoms with Crippen molar-refractivity contribution in [2.75, 3.05) is 51.0 Å². The second-order valence-electron chi connectivity index (χ2n) is 14.7. The standard InChI is InChI=1S/C42H43FN12O5/c1-44-40(57)29-22-46-36(18-31(29)49-30-6-4-5-28(38(30)60-3)39-47-20-27(43)21-48-39)50-35-11-8-26(19-45-35)24-54-15-13-53(14-16-54)23-25-7-9-32-34(17-25)52(2)42(59)55(32)33-10-12-37(56)51-41(33)58/h4-9,11,17-22,33H,10,12-16,23-24H2,1-3H3,(H,44,57)(H,51,56,58)(H2,45,46,49,50). The number of nitrogens with one attached hydrogen (secondary N) is 4. The van der Waals surface area contributed by atoms with Gasteiger partial charge in [-0.2, -0.15) is 0 Å². The summed E-state index contributed by atoms with van der Waals surface area (Å²) >= 11 is 0. The Bertz CT molecular complexity index is 2640. The monoisotopic (exact) mass is 814 g/mol. The number of ether oxygens (including phenoxy) is 1. The number of carbonyl (C=O) groups excluding carboxylic acids is 3. The summed E-state index contributed by atoms with van der Waals surface area (Å²) in [7, 11) is 4.75. The zero-order valence-corrected chi connectivity index (χ0v) is 33.2. The Morgan fingerprint density at radius 1 is 0.833 bits per heavy atom. The number of halogens is 1. The molecule has 0 aliphatic carbocycles. The number of piperazine rings is 1. The van der Waals surface area contributed by atoms with Gasteiger partial charge in [-0.1, -0.05) is 18.2 Å². The fourth-order valence-corrected chi connectivity index (χ4v) is 7.65. The first-order chi connectivity index (χ1) is 29.1. The van der Waals surface area contributed by atoms with Crippen molar-refractivity contribution in [3.63, 3.8) is 0 Å². The lowest BCUT2D eigenvalue weighted by molar-refractivity contribution is -0.135. The minimum atomic E-state index is -0.712.